The fraction of sp³-hybridized carbons (Fsp3) is 0.423. The molecule has 0 bridgehead atoms. The number of nitrogens with one attached hydrogen (secondary N) is 1. The number of carbonyl (C=O) groups excluding carboxylic acids is 3. The molecular weight excluding hydrogens is 432 g/mol. The van der Waals surface area contributed by atoms with E-state index in [0.717, 1.165) is 30.0 Å². The Morgan fingerprint density at radius 1 is 1.00 bits per heavy atom. The number of piperazine rings is 1. The van der Waals surface area contributed by atoms with E-state index in [1.54, 1.807) is 12.0 Å². The molecule has 2 fully saturated rings. The van der Waals surface area contributed by atoms with E-state index >= 15 is 0 Å². The highest BCUT2D eigenvalue weighted by Gasteiger charge is 2.23. The lowest BCUT2D eigenvalue weighted by molar-refractivity contribution is -0.133. The molecule has 2 aliphatic rings. The second kappa shape index (κ2) is 11.2. The normalized spacial score (nSPS) is 16.6. The van der Waals surface area contributed by atoms with Gasteiger partial charge in [-0.3, -0.25) is 19.3 Å². The van der Waals surface area contributed by atoms with Gasteiger partial charge in [0.15, 0.2) is 0 Å². The highest BCUT2D eigenvalue weighted by atomic mass is 16.5. The predicted octanol–water partition coefficient (Wildman–Crippen LogP) is 2.54. The van der Waals surface area contributed by atoms with Gasteiger partial charge in [0.25, 0.3) is 0 Å². The van der Waals surface area contributed by atoms with Crippen molar-refractivity contribution in [2.45, 2.75) is 25.7 Å². The zero-order valence-corrected chi connectivity index (χ0v) is 19.7. The Kier molecular flexibility index (Phi) is 7.80. The van der Waals surface area contributed by atoms with Crippen molar-refractivity contribution in [2.24, 2.45) is 0 Å². The van der Waals surface area contributed by atoms with Gasteiger partial charge in [-0.2, -0.15) is 0 Å². The summed E-state index contributed by atoms with van der Waals surface area (Å²) >= 11 is 0. The Morgan fingerprint density at radius 3 is 2.44 bits per heavy atom. The molecule has 0 unspecified atom stereocenters. The number of amides is 3. The fourth-order valence-corrected chi connectivity index (χ4v) is 4.43. The fourth-order valence-electron chi connectivity index (χ4n) is 4.43. The molecule has 1 N–H and O–H groups in total. The minimum absolute atomic E-state index is 0.0934. The number of hydrogen-bond acceptors (Lipinski definition) is 5. The Balaban J connectivity index is 1.19. The molecule has 2 aliphatic heterocycles. The van der Waals surface area contributed by atoms with E-state index in [2.05, 4.69) is 10.2 Å². The summed E-state index contributed by atoms with van der Waals surface area (Å²) in [6.45, 7) is 3.59. The second-order valence-corrected chi connectivity index (χ2v) is 8.75. The number of methoxy groups -OCH3 is 1. The van der Waals surface area contributed by atoms with Crippen molar-refractivity contribution in [1.82, 2.24) is 9.80 Å². The molecule has 2 aromatic rings. The highest BCUT2D eigenvalue weighted by molar-refractivity contribution is 5.97. The van der Waals surface area contributed by atoms with Gasteiger partial charge in [0.05, 0.1) is 13.7 Å². The molecule has 2 aromatic carbocycles. The molecule has 0 spiro atoms. The zero-order valence-electron chi connectivity index (χ0n) is 19.7. The van der Waals surface area contributed by atoms with E-state index < -0.39 is 0 Å². The van der Waals surface area contributed by atoms with Gasteiger partial charge in [-0.05, 0) is 48.7 Å². The van der Waals surface area contributed by atoms with E-state index in [-0.39, 0.29) is 24.3 Å². The number of aryl methyl sites for hydroxylation is 1. The summed E-state index contributed by atoms with van der Waals surface area (Å²) in [5.41, 5.74) is 2.62. The molecule has 8 heteroatoms. The largest absolute Gasteiger partial charge is 0.497 e. The molecule has 34 heavy (non-hydrogen) atoms. The van der Waals surface area contributed by atoms with Crippen LogP contribution in [-0.4, -0.2) is 73.9 Å². The molecule has 0 saturated carbocycles. The SMILES string of the molecule is COc1ccc(CCC(=O)N2CCN(CC(=O)Nc3cccc(N4CCCC4=O)c3)CC2)cc1. The molecule has 2 saturated heterocycles. The average Bonchev–Trinajstić information content (AvgIpc) is 3.29. The Bertz CT molecular complexity index is 1020. The molecular formula is C26H32N4O4. The van der Waals surface area contributed by atoms with Gasteiger partial charge < -0.3 is 19.9 Å². The van der Waals surface area contributed by atoms with Crippen LogP contribution in [0.5, 0.6) is 5.75 Å². The average molecular weight is 465 g/mol. The number of benzene rings is 2. The molecule has 2 heterocycles. The molecule has 4 rings (SSSR count). The summed E-state index contributed by atoms with van der Waals surface area (Å²) in [4.78, 5) is 42.9. The van der Waals surface area contributed by atoms with Crippen LogP contribution in [-0.2, 0) is 20.8 Å². The van der Waals surface area contributed by atoms with Gasteiger partial charge in [-0.25, -0.2) is 0 Å². The van der Waals surface area contributed by atoms with Gasteiger partial charge in [-0.1, -0.05) is 18.2 Å². The number of rotatable bonds is 8. The summed E-state index contributed by atoms with van der Waals surface area (Å²) in [5, 5.41) is 2.94. The van der Waals surface area contributed by atoms with Crippen molar-refractivity contribution in [2.75, 3.05) is 56.6 Å². The van der Waals surface area contributed by atoms with Gasteiger partial charge in [0, 0.05) is 56.9 Å². The van der Waals surface area contributed by atoms with Gasteiger partial charge in [-0.15, -0.1) is 0 Å². The van der Waals surface area contributed by atoms with Crippen LogP contribution in [0.25, 0.3) is 0 Å². The maximum atomic E-state index is 12.6. The van der Waals surface area contributed by atoms with E-state index in [4.69, 9.17) is 4.74 Å². The van der Waals surface area contributed by atoms with Crippen molar-refractivity contribution < 1.29 is 19.1 Å². The van der Waals surface area contributed by atoms with Crippen molar-refractivity contribution >= 4 is 29.1 Å². The van der Waals surface area contributed by atoms with Gasteiger partial charge >= 0.3 is 0 Å². The molecule has 0 aliphatic carbocycles. The lowest BCUT2D eigenvalue weighted by atomic mass is 10.1. The first-order chi connectivity index (χ1) is 16.5. The van der Waals surface area contributed by atoms with Crippen LogP contribution in [0.4, 0.5) is 11.4 Å². The molecule has 0 radical (unpaired) electrons. The first kappa shape index (κ1) is 23.8. The third kappa shape index (κ3) is 6.14. The van der Waals surface area contributed by atoms with Gasteiger partial charge in [0.1, 0.15) is 5.75 Å². The summed E-state index contributed by atoms with van der Waals surface area (Å²) in [6, 6.07) is 15.2. The number of carbonyl (C=O) groups is 3. The molecule has 0 aromatic heterocycles. The quantitative estimate of drug-likeness (QED) is 0.649. The van der Waals surface area contributed by atoms with Crippen LogP contribution in [0.2, 0.25) is 0 Å². The smallest absolute Gasteiger partial charge is 0.238 e. The van der Waals surface area contributed by atoms with Crippen LogP contribution in [0.1, 0.15) is 24.8 Å². The lowest BCUT2D eigenvalue weighted by Gasteiger charge is -2.34. The van der Waals surface area contributed by atoms with Gasteiger partial charge in [0.2, 0.25) is 17.7 Å². The van der Waals surface area contributed by atoms with E-state index in [0.29, 0.717) is 51.1 Å². The van der Waals surface area contributed by atoms with Crippen molar-refractivity contribution in [3.8, 4) is 5.75 Å². The van der Waals surface area contributed by atoms with Crippen molar-refractivity contribution in [1.29, 1.82) is 0 Å². The van der Waals surface area contributed by atoms with Crippen molar-refractivity contribution in [3.63, 3.8) is 0 Å². The lowest BCUT2D eigenvalue weighted by Crippen LogP contribution is -2.50. The number of ether oxygens (including phenoxy) is 1. The third-order valence-corrected chi connectivity index (χ3v) is 6.39. The third-order valence-electron chi connectivity index (χ3n) is 6.39. The van der Waals surface area contributed by atoms with Crippen LogP contribution < -0.4 is 15.0 Å². The summed E-state index contributed by atoms with van der Waals surface area (Å²) in [5.74, 6) is 0.988. The predicted molar refractivity (Wildman–Crippen MR) is 131 cm³/mol. The molecule has 180 valence electrons. The zero-order chi connectivity index (χ0) is 23.9. The molecule has 3 amide bonds. The summed E-state index contributed by atoms with van der Waals surface area (Å²) in [7, 11) is 1.64. The first-order valence-corrected chi connectivity index (χ1v) is 11.8. The number of hydrogen-bond donors (Lipinski definition) is 1. The second-order valence-electron chi connectivity index (χ2n) is 8.75. The highest BCUT2D eigenvalue weighted by Crippen LogP contribution is 2.24. The number of nitrogens with zero attached hydrogens (tertiary/aromatic N) is 3. The minimum Gasteiger partial charge on any atom is -0.497 e. The summed E-state index contributed by atoms with van der Waals surface area (Å²) in [6.07, 6.45) is 2.62. The van der Waals surface area contributed by atoms with Crippen LogP contribution in [0.15, 0.2) is 48.5 Å². The Labute approximate surface area is 200 Å². The van der Waals surface area contributed by atoms with E-state index in [1.165, 1.54) is 0 Å². The van der Waals surface area contributed by atoms with Crippen LogP contribution in [0, 0.1) is 0 Å². The Hall–Kier alpha value is -3.39. The maximum absolute atomic E-state index is 12.6. The van der Waals surface area contributed by atoms with Crippen molar-refractivity contribution in [3.05, 3.63) is 54.1 Å². The van der Waals surface area contributed by atoms with E-state index in [1.807, 2.05) is 53.4 Å². The van der Waals surface area contributed by atoms with Crippen LogP contribution in [0.3, 0.4) is 0 Å². The van der Waals surface area contributed by atoms with E-state index in [9.17, 15) is 14.4 Å². The van der Waals surface area contributed by atoms with Crippen LogP contribution >= 0.6 is 0 Å². The Morgan fingerprint density at radius 2 is 1.76 bits per heavy atom. The monoisotopic (exact) mass is 464 g/mol. The maximum Gasteiger partial charge on any atom is 0.238 e. The number of anilines is 2. The molecule has 8 nitrogen and oxygen atoms in total. The topological polar surface area (TPSA) is 82.2 Å². The minimum atomic E-state index is -0.0934. The molecule has 0 atom stereocenters. The standard InChI is InChI=1S/C26H32N4O4/c1-34-23-10-7-20(8-11-23)9-12-25(32)29-16-14-28(15-17-29)19-24(31)27-21-4-2-5-22(18-21)30-13-3-6-26(30)33/h2,4-5,7-8,10-11,18H,3,6,9,12-17,19H2,1H3,(H,27,31). The first-order valence-electron chi connectivity index (χ1n) is 11.8. The summed E-state index contributed by atoms with van der Waals surface area (Å²) < 4.78 is 5.17.